The van der Waals surface area contributed by atoms with Crippen molar-refractivity contribution >= 4 is 34.7 Å². The Morgan fingerprint density at radius 3 is 3.12 bits per heavy atom. The zero-order valence-corrected chi connectivity index (χ0v) is 19.4. The van der Waals surface area contributed by atoms with Gasteiger partial charge < -0.3 is 15.4 Å². The maximum atomic E-state index is 13.8. The van der Waals surface area contributed by atoms with Crippen LogP contribution in [0.1, 0.15) is 58.4 Å². The van der Waals surface area contributed by atoms with Crippen LogP contribution in [0.25, 0.3) is 6.08 Å². The lowest BCUT2D eigenvalue weighted by molar-refractivity contribution is 0.0527. The molecule has 1 aromatic heterocycles. The van der Waals surface area contributed by atoms with Gasteiger partial charge in [0.05, 0.1) is 22.9 Å². The number of rotatable bonds is 4. The van der Waals surface area contributed by atoms with Gasteiger partial charge in [0.2, 0.25) is 11.2 Å². The monoisotopic (exact) mass is 465 g/mol. The smallest absolute Gasteiger partial charge is 0.255 e. The number of carbonyl (C=O) groups is 1. The second-order valence-electron chi connectivity index (χ2n) is 8.58. The van der Waals surface area contributed by atoms with Gasteiger partial charge in [0.1, 0.15) is 18.2 Å². The van der Waals surface area contributed by atoms with Gasteiger partial charge in [-0.05, 0) is 56.7 Å². The van der Waals surface area contributed by atoms with Crippen LogP contribution in [0.2, 0.25) is 0 Å². The number of piperidine rings is 1. The lowest BCUT2D eigenvalue weighted by Gasteiger charge is -2.36. The number of hydrogen-bond acceptors (Lipinski definition) is 5. The summed E-state index contributed by atoms with van der Waals surface area (Å²) in [5, 5.41) is 0. The summed E-state index contributed by atoms with van der Waals surface area (Å²) in [7, 11) is 0. The van der Waals surface area contributed by atoms with Crippen molar-refractivity contribution in [2.24, 2.45) is 10.1 Å². The van der Waals surface area contributed by atoms with Crippen molar-refractivity contribution in [2.75, 3.05) is 17.9 Å². The molecule has 0 spiro atoms. The fourth-order valence-electron chi connectivity index (χ4n) is 4.77. The van der Waals surface area contributed by atoms with Crippen molar-refractivity contribution in [3.63, 3.8) is 0 Å². The Kier molecular flexibility index (Phi) is 5.88. The van der Waals surface area contributed by atoms with Crippen LogP contribution in [-0.4, -0.2) is 45.0 Å². The van der Waals surface area contributed by atoms with Gasteiger partial charge in [-0.3, -0.25) is 14.5 Å². The molecule has 1 aromatic carbocycles. The number of nitrogens with zero attached hydrogens (tertiary/aromatic N) is 3. The topological polar surface area (TPSA) is 110 Å². The van der Waals surface area contributed by atoms with Gasteiger partial charge in [0, 0.05) is 24.0 Å². The molecule has 1 saturated heterocycles. The number of aryl methyl sites for hydroxylation is 2. The van der Waals surface area contributed by atoms with E-state index < -0.39 is 11.2 Å². The Bertz CT molecular complexity index is 1190. The van der Waals surface area contributed by atoms with Gasteiger partial charge in [-0.25, -0.2) is 4.21 Å². The van der Waals surface area contributed by atoms with Gasteiger partial charge in [0.25, 0.3) is 5.91 Å². The number of nitrogens with one attached hydrogen (secondary N) is 1. The number of nitrogens with two attached hydrogens (primary N) is 1. The van der Waals surface area contributed by atoms with E-state index in [1.54, 1.807) is 6.07 Å². The molecule has 2 aliphatic heterocycles. The number of hydrogen-bond donors (Lipinski definition) is 2. The van der Waals surface area contributed by atoms with Crippen molar-refractivity contribution in [3.05, 3.63) is 58.4 Å². The van der Waals surface area contributed by atoms with Gasteiger partial charge >= 0.3 is 0 Å². The van der Waals surface area contributed by atoms with Gasteiger partial charge in [-0.2, -0.15) is 4.40 Å². The van der Waals surface area contributed by atoms with E-state index in [4.69, 9.17) is 10.5 Å². The van der Waals surface area contributed by atoms with Crippen molar-refractivity contribution in [2.45, 2.75) is 45.1 Å². The molecule has 0 radical (unpaired) electrons. The number of anilines is 1. The molecule has 3 N–H and O–H groups in total. The maximum Gasteiger partial charge on any atom is 0.255 e. The second-order valence-corrected chi connectivity index (χ2v) is 9.47. The summed E-state index contributed by atoms with van der Waals surface area (Å²) in [5.41, 5.74) is 10.9. The summed E-state index contributed by atoms with van der Waals surface area (Å²) in [6.45, 7) is 3.00. The summed E-state index contributed by atoms with van der Waals surface area (Å²) in [4.78, 5) is 20.3. The average Bonchev–Trinajstić information content (AvgIpc) is 2.82. The molecular formula is C24H27N5O3S. The molecule has 0 saturated carbocycles. The van der Waals surface area contributed by atoms with Crippen LogP contribution in [0.3, 0.4) is 0 Å². The Morgan fingerprint density at radius 1 is 1.36 bits per heavy atom. The minimum absolute atomic E-state index is 0.0410. The Morgan fingerprint density at radius 2 is 2.24 bits per heavy atom. The number of fused-ring (bicyclic) bond motifs is 2. The van der Waals surface area contributed by atoms with Crippen LogP contribution in [0.4, 0.5) is 5.69 Å². The summed E-state index contributed by atoms with van der Waals surface area (Å²) < 4.78 is 24.7. The third-order valence-electron chi connectivity index (χ3n) is 6.41. The summed E-state index contributed by atoms with van der Waals surface area (Å²) in [5.74, 6) is 0.788. The third kappa shape index (κ3) is 4.13. The number of likely N-dealkylation sites (tertiary alicyclic amines) is 1. The van der Waals surface area contributed by atoms with Crippen LogP contribution < -0.4 is 15.2 Å². The van der Waals surface area contributed by atoms with Crippen LogP contribution in [-0.2, 0) is 17.6 Å². The molecule has 172 valence electrons. The molecule has 3 heterocycles. The van der Waals surface area contributed by atoms with Crippen LogP contribution in [0.5, 0.6) is 5.75 Å². The van der Waals surface area contributed by atoms with E-state index in [9.17, 15) is 9.00 Å². The Balaban J connectivity index is 1.40. The zero-order valence-electron chi connectivity index (χ0n) is 18.5. The maximum absolute atomic E-state index is 13.8. The highest BCUT2D eigenvalue weighted by molar-refractivity contribution is 7.85. The van der Waals surface area contributed by atoms with E-state index in [-0.39, 0.29) is 17.8 Å². The molecule has 33 heavy (non-hydrogen) atoms. The molecule has 1 unspecified atom stereocenters. The Hall–Kier alpha value is -3.20. The SMILES string of the molecule is Cc1cnc2c(c1C(=O)N1CCCC[C@@H]1COc1cccc3c1C(N)=NS(=O)N3)C=CCC2. The number of allylic oxidation sites excluding steroid dienone is 1. The molecule has 1 amide bonds. The first-order valence-corrected chi connectivity index (χ1v) is 12.4. The standard InChI is InChI=1S/C24H27N5O3S/c1-15-13-26-18-9-3-2-8-17(18)21(15)24(30)29-12-5-4-7-16(29)14-32-20-11-6-10-19-22(20)23(25)28-33(31)27-19/h2,6,8,10-11,13,16,27H,3-5,7,9,12,14H2,1H3,(H2,25,28)/t16-,33?/m1/s1. The molecule has 8 nitrogen and oxygen atoms in total. The summed E-state index contributed by atoms with van der Waals surface area (Å²) >= 11 is -1.59. The summed E-state index contributed by atoms with van der Waals surface area (Å²) in [6, 6.07) is 5.38. The number of benzene rings is 1. The highest BCUT2D eigenvalue weighted by atomic mass is 32.2. The normalized spacial score (nSPS) is 21.5. The average molecular weight is 466 g/mol. The van der Waals surface area contributed by atoms with E-state index in [0.717, 1.165) is 54.5 Å². The van der Waals surface area contributed by atoms with E-state index in [0.29, 0.717) is 30.2 Å². The number of pyridine rings is 1. The van der Waals surface area contributed by atoms with Crippen molar-refractivity contribution < 1.29 is 13.7 Å². The number of amidine groups is 1. The first-order valence-electron chi connectivity index (χ1n) is 11.3. The molecule has 2 atom stereocenters. The Labute approximate surface area is 195 Å². The first kappa shape index (κ1) is 21.6. The van der Waals surface area contributed by atoms with Gasteiger partial charge in [-0.15, -0.1) is 0 Å². The highest BCUT2D eigenvalue weighted by Gasteiger charge is 2.31. The fourth-order valence-corrected chi connectivity index (χ4v) is 5.45. The molecular weight excluding hydrogens is 438 g/mol. The van der Waals surface area contributed by atoms with Crippen LogP contribution >= 0.6 is 0 Å². The van der Waals surface area contributed by atoms with E-state index in [1.165, 1.54) is 0 Å². The number of amides is 1. The lowest BCUT2D eigenvalue weighted by atomic mass is 9.93. The predicted octanol–water partition coefficient (Wildman–Crippen LogP) is 3.13. The summed E-state index contributed by atoms with van der Waals surface area (Å²) in [6.07, 6.45) is 10.7. The largest absolute Gasteiger partial charge is 0.491 e. The van der Waals surface area contributed by atoms with E-state index in [1.807, 2.05) is 36.2 Å². The lowest BCUT2D eigenvalue weighted by Crippen LogP contribution is -2.47. The molecule has 3 aliphatic rings. The molecule has 1 aliphatic carbocycles. The van der Waals surface area contributed by atoms with Crippen molar-refractivity contribution in [1.29, 1.82) is 0 Å². The minimum Gasteiger partial charge on any atom is -0.491 e. The number of carbonyl (C=O) groups excluding carboxylic acids is 1. The molecule has 1 fully saturated rings. The van der Waals surface area contributed by atoms with Crippen molar-refractivity contribution in [1.82, 2.24) is 9.88 Å². The molecule has 0 bridgehead atoms. The predicted molar refractivity (Wildman–Crippen MR) is 129 cm³/mol. The van der Waals surface area contributed by atoms with Gasteiger partial charge in [-0.1, -0.05) is 18.2 Å². The number of aromatic nitrogens is 1. The quantitative estimate of drug-likeness (QED) is 0.721. The van der Waals surface area contributed by atoms with E-state index in [2.05, 4.69) is 20.2 Å². The van der Waals surface area contributed by atoms with Crippen LogP contribution in [0, 0.1) is 6.92 Å². The van der Waals surface area contributed by atoms with E-state index >= 15 is 0 Å². The fraction of sp³-hybridized carbons (Fsp3) is 0.375. The molecule has 5 rings (SSSR count). The first-order chi connectivity index (χ1) is 16.0. The van der Waals surface area contributed by atoms with Gasteiger partial charge in [0.15, 0.2) is 0 Å². The minimum atomic E-state index is -1.59. The van der Waals surface area contributed by atoms with Crippen LogP contribution in [0.15, 0.2) is 34.9 Å². The molecule has 2 aromatic rings. The third-order valence-corrected chi connectivity index (χ3v) is 7.17. The second kappa shape index (κ2) is 8.97. The molecule has 9 heteroatoms. The van der Waals surface area contributed by atoms with Crippen molar-refractivity contribution in [3.8, 4) is 5.75 Å². The highest BCUT2D eigenvalue weighted by Crippen LogP contribution is 2.31. The zero-order chi connectivity index (χ0) is 22.9. The number of ether oxygens (including phenoxy) is 1.